The van der Waals surface area contributed by atoms with Gasteiger partial charge in [0.1, 0.15) is 17.2 Å². The number of pyridine rings is 1. The van der Waals surface area contributed by atoms with E-state index in [1.807, 2.05) is 60.7 Å². The molecule has 0 spiro atoms. The SMILES string of the molecule is O=c1c(-c2nccc3ccccc23)c(-c2ccccc2)oc2cc(F)ccc12. The summed E-state index contributed by atoms with van der Waals surface area (Å²) in [7, 11) is 0. The Kier molecular flexibility index (Phi) is 3.76. The van der Waals surface area contributed by atoms with Crippen molar-refractivity contribution in [1.82, 2.24) is 4.98 Å². The largest absolute Gasteiger partial charge is 0.455 e. The van der Waals surface area contributed by atoms with Crippen molar-refractivity contribution >= 4 is 21.7 Å². The van der Waals surface area contributed by atoms with E-state index in [1.54, 1.807) is 6.20 Å². The van der Waals surface area contributed by atoms with Gasteiger partial charge in [-0.3, -0.25) is 9.78 Å². The smallest absolute Gasteiger partial charge is 0.202 e. The molecule has 0 N–H and O–H groups in total. The molecule has 134 valence electrons. The van der Waals surface area contributed by atoms with Crippen molar-refractivity contribution in [2.75, 3.05) is 0 Å². The van der Waals surface area contributed by atoms with Crippen LogP contribution in [0.1, 0.15) is 0 Å². The Labute approximate surface area is 159 Å². The van der Waals surface area contributed by atoms with Crippen LogP contribution in [-0.4, -0.2) is 4.98 Å². The van der Waals surface area contributed by atoms with Gasteiger partial charge < -0.3 is 4.42 Å². The summed E-state index contributed by atoms with van der Waals surface area (Å²) in [6.45, 7) is 0. The van der Waals surface area contributed by atoms with Gasteiger partial charge in [0, 0.05) is 23.2 Å². The maximum absolute atomic E-state index is 13.8. The molecule has 0 saturated heterocycles. The standard InChI is InChI=1S/C24H14FNO2/c25-17-10-11-19-20(14-17)28-24(16-7-2-1-3-8-16)21(23(19)27)22-18-9-5-4-6-15(18)12-13-26-22/h1-14H. The maximum Gasteiger partial charge on any atom is 0.202 e. The van der Waals surface area contributed by atoms with Crippen LogP contribution in [0.2, 0.25) is 0 Å². The van der Waals surface area contributed by atoms with E-state index in [0.29, 0.717) is 22.4 Å². The van der Waals surface area contributed by atoms with Crippen molar-refractivity contribution in [2.24, 2.45) is 0 Å². The molecule has 0 aliphatic carbocycles. The Bertz CT molecular complexity index is 1390. The number of hydrogen-bond acceptors (Lipinski definition) is 3. The van der Waals surface area contributed by atoms with Gasteiger partial charge in [-0.2, -0.15) is 0 Å². The van der Waals surface area contributed by atoms with Crippen LogP contribution in [0.4, 0.5) is 4.39 Å². The first kappa shape index (κ1) is 16.4. The Hall–Kier alpha value is -3.79. The molecule has 4 heteroatoms. The van der Waals surface area contributed by atoms with Gasteiger partial charge in [-0.25, -0.2) is 4.39 Å². The Morgan fingerprint density at radius 3 is 2.46 bits per heavy atom. The molecule has 0 fully saturated rings. The average molecular weight is 367 g/mol. The molecule has 0 aliphatic rings. The van der Waals surface area contributed by atoms with Gasteiger partial charge in [0.2, 0.25) is 5.43 Å². The maximum atomic E-state index is 13.8. The van der Waals surface area contributed by atoms with Gasteiger partial charge in [0.05, 0.1) is 16.6 Å². The van der Waals surface area contributed by atoms with Gasteiger partial charge >= 0.3 is 0 Å². The molecular weight excluding hydrogens is 353 g/mol. The van der Waals surface area contributed by atoms with Gasteiger partial charge in [-0.15, -0.1) is 0 Å². The minimum atomic E-state index is -0.453. The number of rotatable bonds is 2. The Morgan fingerprint density at radius 2 is 1.61 bits per heavy atom. The number of hydrogen-bond donors (Lipinski definition) is 0. The lowest BCUT2D eigenvalue weighted by molar-refractivity contribution is 0.600. The predicted molar refractivity (Wildman–Crippen MR) is 109 cm³/mol. The summed E-state index contributed by atoms with van der Waals surface area (Å²) < 4.78 is 19.8. The number of halogens is 1. The second kappa shape index (κ2) is 6.43. The highest BCUT2D eigenvalue weighted by Crippen LogP contribution is 2.34. The summed E-state index contributed by atoms with van der Waals surface area (Å²) in [4.78, 5) is 18.0. The van der Waals surface area contributed by atoms with E-state index < -0.39 is 5.82 Å². The Morgan fingerprint density at radius 1 is 0.821 bits per heavy atom. The topological polar surface area (TPSA) is 43.1 Å². The van der Waals surface area contributed by atoms with E-state index in [4.69, 9.17) is 4.42 Å². The summed E-state index contributed by atoms with van der Waals surface area (Å²) in [6, 6.07) is 23.0. The number of nitrogens with zero attached hydrogens (tertiary/aromatic N) is 1. The minimum Gasteiger partial charge on any atom is -0.455 e. The summed E-state index contributed by atoms with van der Waals surface area (Å²) in [5, 5.41) is 2.16. The quantitative estimate of drug-likeness (QED) is 0.395. The normalized spacial score (nSPS) is 11.2. The molecule has 3 nitrogen and oxygen atoms in total. The lowest BCUT2D eigenvalue weighted by Gasteiger charge is -2.12. The second-order valence-electron chi connectivity index (χ2n) is 6.52. The summed E-state index contributed by atoms with van der Waals surface area (Å²) in [5.74, 6) is -0.0711. The van der Waals surface area contributed by atoms with E-state index in [2.05, 4.69) is 4.98 Å². The van der Waals surface area contributed by atoms with Crippen LogP contribution in [0.5, 0.6) is 0 Å². The highest BCUT2D eigenvalue weighted by molar-refractivity contribution is 5.99. The van der Waals surface area contributed by atoms with Crippen LogP contribution in [0.15, 0.2) is 94.3 Å². The Balaban J connectivity index is 1.96. The fourth-order valence-electron chi connectivity index (χ4n) is 3.49. The fraction of sp³-hybridized carbons (Fsp3) is 0. The third-order valence-corrected chi connectivity index (χ3v) is 4.80. The molecule has 5 rings (SSSR count). The van der Waals surface area contributed by atoms with Gasteiger partial charge in [-0.1, -0.05) is 54.6 Å². The van der Waals surface area contributed by atoms with E-state index in [0.717, 1.165) is 16.3 Å². The molecule has 0 amide bonds. The van der Waals surface area contributed by atoms with Crippen LogP contribution >= 0.6 is 0 Å². The molecule has 0 atom stereocenters. The fourth-order valence-corrected chi connectivity index (χ4v) is 3.49. The molecule has 0 saturated carbocycles. The molecule has 5 aromatic rings. The zero-order valence-electron chi connectivity index (χ0n) is 14.7. The van der Waals surface area contributed by atoms with Crippen LogP contribution < -0.4 is 5.43 Å². The van der Waals surface area contributed by atoms with E-state index >= 15 is 0 Å². The van der Waals surface area contributed by atoms with Crippen molar-refractivity contribution < 1.29 is 8.81 Å². The van der Waals surface area contributed by atoms with Crippen molar-refractivity contribution in [2.45, 2.75) is 0 Å². The zero-order valence-corrected chi connectivity index (χ0v) is 14.7. The molecule has 0 aliphatic heterocycles. The van der Waals surface area contributed by atoms with Crippen LogP contribution in [0.3, 0.4) is 0 Å². The molecular formula is C24H14FNO2. The number of benzene rings is 3. The van der Waals surface area contributed by atoms with Gasteiger partial charge in [-0.05, 0) is 23.6 Å². The van der Waals surface area contributed by atoms with Gasteiger partial charge in [0.15, 0.2) is 0 Å². The third-order valence-electron chi connectivity index (χ3n) is 4.80. The monoisotopic (exact) mass is 367 g/mol. The van der Waals surface area contributed by atoms with Crippen molar-refractivity contribution in [3.05, 3.63) is 101 Å². The molecule has 0 radical (unpaired) electrons. The number of fused-ring (bicyclic) bond motifs is 2. The first-order valence-corrected chi connectivity index (χ1v) is 8.88. The third kappa shape index (κ3) is 2.58. The molecule has 3 aromatic carbocycles. The highest BCUT2D eigenvalue weighted by Gasteiger charge is 2.20. The van der Waals surface area contributed by atoms with Crippen LogP contribution in [-0.2, 0) is 0 Å². The van der Waals surface area contributed by atoms with Crippen LogP contribution in [0, 0.1) is 5.82 Å². The zero-order chi connectivity index (χ0) is 19.1. The highest BCUT2D eigenvalue weighted by atomic mass is 19.1. The van der Waals surface area contributed by atoms with Crippen molar-refractivity contribution in [3.63, 3.8) is 0 Å². The first-order valence-electron chi connectivity index (χ1n) is 8.88. The predicted octanol–water partition coefficient (Wildman–Crippen LogP) is 5.81. The van der Waals surface area contributed by atoms with Gasteiger partial charge in [0.25, 0.3) is 0 Å². The van der Waals surface area contributed by atoms with Crippen molar-refractivity contribution in [3.8, 4) is 22.6 Å². The second-order valence-corrected chi connectivity index (χ2v) is 6.52. The lowest BCUT2D eigenvalue weighted by atomic mass is 9.98. The molecule has 2 aromatic heterocycles. The summed E-state index contributed by atoms with van der Waals surface area (Å²) in [6.07, 6.45) is 1.68. The van der Waals surface area contributed by atoms with Crippen molar-refractivity contribution in [1.29, 1.82) is 0 Å². The average Bonchev–Trinajstić information content (AvgIpc) is 2.74. The van der Waals surface area contributed by atoms with Crippen LogP contribution in [0.25, 0.3) is 44.3 Å². The molecule has 28 heavy (non-hydrogen) atoms. The van der Waals surface area contributed by atoms with E-state index in [1.165, 1.54) is 18.2 Å². The summed E-state index contributed by atoms with van der Waals surface area (Å²) in [5.41, 5.74) is 1.64. The molecule has 0 unspecified atom stereocenters. The first-order chi connectivity index (χ1) is 13.7. The molecule has 0 bridgehead atoms. The van der Waals surface area contributed by atoms with E-state index in [9.17, 15) is 9.18 Å². The van der Waals surface area contributed by atoms with E-state index in [-0.39, 0.29) is 11.0 Å². The minimum absolute atomic E-state index is 0.216. The number of aromatic nitrogens is 1. The molecule has 2 heterocycles. The summed E-state index contributed by atoms with van der Waals surface area (Å²) >= 11 is 0. The lowest BCUT2D eigenvalue weighted by Crippen LogP contribution is -2.09.